The summed E-state index contributed by atoms with van der Waals surface area (Å²) >= 11 is 0. The molecule has 0 amide bonds. The Morgan fingerprint density at radius 2 is 2.00 bits per heavy atom. The number of fused-ring (bicyclic) bond motifs is 1. The second-order valence-electron chi connectivity index (χ2n) is 7.63. The van der Waals surface area contributed by atoms with E-state index in [-0.39, 0.29) is 0 Å². The largest absolute Gasteiger partial charge is 0.477 e. The summed E-state index contributed by atoms with van der Waals surface area (Å²) in [7, 11) is 0. The van der Waals surface area contributed by atoms with Crippen molar-refractivity contribution in [3.63, 3.8) is 0 Å². The summed E-state index contributed by atoms with van der Waals surface area (Å²) in [5, 5.41) is 4.85. The first kappa shape index (κ1) is 17.4. The van der Waals surface area contributed by atoms with Crippen molar-refractivity contribution < 1.29 is 9.26 Å². The van der Waals surface area contributed by atoms with Gasteiger partial charge in [-0.3, -0.25) is 4.90 Å². The normalized spacial score (nSPS) is 18.0. The number of nitrogens with zero attached hydrogens (tertiary/aromatic N) is 6. The minimum Gasteiger partial charge on any atom is -0.477 e. The van der Waals surface area contributed by atoms with Crippen molar-refractivity contribution in [3.8, 4) is 5.88 Å². The number of hydrogen-bond donors (Lipinski definition) is 0. The first-order chi connectivity index (χ1) is 13.7. The van der Waals surface area contributed by atoms with Crippen molar-refractivity contribution in [1.29, 1.82) is 0 Å². The Morgan fingerprint density at radius 1 is 1.14 bits per heavy atom. The van der Waals surface area contributed by atoms with Crippen LogP contribution >= 0.6 is 0 Å². The standard InChI is InChI=1S/C20H24N6O2/c1-14-23-19(28-24-14)11-25-6-8-26(9-7-25)16-4-5-18-17(10-16)20(22-13-21-18)27-12-15-2-3-15/h4-5,10,13,15H,2-3,6-9,11-12H2,1H3. The molecule has 1 aliphatic carbocycles. The maximum Gasteiger partial charge on any atom is 0.240 e. The van der Waals surface area contributed by atoms with Gasteiger partial charge in [0.05, 0.1) is 24.1 Å². The number of aryl methyl sites for hydroxylation is 1. The lowest BCUT2D eigenvalue weighted by Crippen LogP contribution is -2.46. The summed E-state index contributed by atoms with van der Waals surface area (Å²) in [6.07, 6.45) is 4.12. The highest BCUT2D eigenvalue weighted by Crippen LogP contribution is 2.32. The minimum atomic E-state index is 0.686. The molecule has 1 saturated heterocycles. The third-order valence-electron chi connectivity index (χ3n) is 5.40. The molecule has 3 heterocycles. The van der Waals surface area contributed by atoms with E-state index in [2.05, 4.69) is 48.1 Å². The van der Waals surface area contributed by atoms with Gasteiger partial charge in [0.25, 0.3) is 0 Å². The van der Waals surface area contributed by atoms with E-state index in [4.69, 9.17) is 9.26 Å². The predicted octanol–water partition coefficient (Wildman–Crippen LogP) is 2.43. The first-order valence-corrected chi connectivity index (χ1v) is 9.89. The van der Waals surface area contributed by atoms with Crippen molar-refractivity contribution in [2.45, 2.75) is 26.3 Å². The van der Waals surface area contributed by atoms with Crippen LogP contribution in [-0.2, 0) is 6.54 Å². The van der Waals surface area contributed by atoms with Crippen molar-refractivity contribution in [2.75, 3.05) is 37.7 Å². The third-order valence-corrected chi connectivity index (χ3v) is 5.40. The highest BCUT2D eigenvalue weighted by molar-refractivity contribution is 5.86. The van der Waals surface area contributed by atoms with Crippen LogP contribution in [0.25, 0.3) is 10.9 Å². The molecule has 3 aromatic rings. The Hall–Kier alpha value is -2.74. The van der Waals surface area contributed by atoms with Gasteiger partial charge in [-0.25, -0.2) is 9.97 Å². The number of aromatic nitrogens is 4. The molecule has 0 radical (unpaired) electrons. The average Bonchev–Trinajstić information content (AvgIpc) is 3.47. The van der Waals surface area contributed by atoms with Crippen LogP contribution in [0.5, 0.6) is 5.88 Å². The van der Waals surface area contributed by atoms with Crippen LogP contribution in [0.15, 0.2) is 29.0 Å². The molecule has 8 heteroatoms. The lowest BCUT2D eigenvalue weighted by atomic mass is 10.2. The van der Waals surface area contributed by atoms with E-state index >= 15 is 0 Å². The van der Waals surface area contributed by atoms with E-state index < -0.39 is 0 Å². The zero-order valence-corrected chi connectivity index (χ0v) is 16.0. The quantitative estimate of drug-likeness (QED) is 0.645. The number of rotatable bonds is 6. The first-order valence-electron chi connectivity index (χ1n) is 9.89. The third kappa shape index (κ3) is 3.77. The monoisotopic (exact) mass is 380 g/mol. The lowest BCUT2D eigenvalue weighted by Gasteiger charge is -2.35. The second-order valence-corrected chi connectivity index (χ2v) is 7.63. The molecule has 28 heavy (non-hydrogen) atoms. The van der Waals surface area contributed by atoms with E-state index in [0.29, 0.717) is 30.1 Å². The Kier molecular flexibility index (Phi) is 4.56. The second kappa shape index (κ2) is 7.35. The highest BCUT2D eigenvalue weighted by atomic mass is 16.5. The predicted molar refractivity (Wildman–Crippen MR) is 104 cm³/mol. The number of hydrogen-bond acceptors (Lipinski definition) is 8. The molecule has 146 valence electrons. The SMILES string of the molecule is Cc1noc(CN2CCN(c3ccc4ncnc(OCC5CC5)c4c3)CC2)n1. The molecular weight excluding hydrogens is 356 g/mol. The van der Waals surface area contributed by atoms with Crippen LogP contribution in [0.1, 0.15) is 24.6 Å². The molecule has 2 aliphatic rings. The van der Waals surface area contributed by atoms with Crippen LogP contribution < -0.4 is 9.64 Å². The van der Waals surface area contributed by atoms with Gasteiger partial charge in [0, 0.05) is 31.9 Å². The summed E-state index contributed by atoms with van der Waals surface area (Å²) in [4.78, 5) is 17.8. The Morgan fingerprint density at radius 3 is 2.75 bits per heavy atom. The molecular formula is C20H24N6O2. The van der Waals surface area contributed by atoms with E-state index in [9.17, 15) is 0 Å². The molecule has 1 aliphatic heterocycles. The fourth-order valence-electron chi connectivity index (χ4n) is 3.57. The molecule has 0 N–H and O–H groups in total. The molecule has 2 aromatic heterocycles. The van der Waals surface area contributed by atoms with Crippen molar-refractivity contribution in [1.82, 2.24) is 25.0 Å². The van der Waals surface area contributed by atoms with Crippen LogP contribution in [-0.4, -0.2) is 57.8 Å². The van der Waals surface area contributed by atoms with E-state index in [1.165, 1.54) is 18.5 Å². The van der Waals surface area contributed by atoms with Gasteiger partial charge in [0.2, 0.25) is 11.8 Å². The minimum absolute atomic E-state index is 0.686. The molecule has 0 bridgehead atoms. The number of anilines is 1. The maximum atomic E-state index is 5.97. The van der Waals surface area contributed by atoms with Crippen molar-refractivity contribution in [3.05, 3.63) is 36.2 Å². The van der Waals surface area contributed by atoms with Crippen molar-refractivity contribution in [2.24, 2.45) is 5.92 Å². The van der Waals surface area contributed by atoms with Gasteiger partial charge in [0.1, 0.15) is 6.33 Å². The Labute approximate surface area is 163 Å². The average molecular weight is 380 g/mol. The van der Waals surface area contributed by atoms with Crippen molar-refractivity contribution >= 4 is 16.6 Å². The maximum absolute atomic E-state index is 5.97. The fourth-order valence-corrected chi connectivity index (χ4v) is 3.57. The number of benzene rings is 1. The molecule has 0 atom stereocenters. The molecule has 1 aromatic carbocycles. The molecule has 0 unspecified atom stereocenters. The van der Waals surface area contributed by atoms with Gasteiger partial charge in [-0.05, 0) is 43.9 Å². The van der Waals surface area contributed by atoms with Gasteiger partial charge in [0.15, 0.2) is 5.82 Å². The van der Waals surface area contributed by atoms with Crippen LogP contribution in [0.2, 0.25) is 0 Å². The summed E-state index contributed by atoms with van der Waals surface area (Å²) < 4.78 is 11.2. The molecule has 0 spiro atoms. The Bertz CT molecular complexity index is 962. The fraction of sp³-hybridized carbons (Fsp3) is 0.500. The molecule has 8 nitrogen and oxygen atoms in total. The summed E-state index contributed by atoms with van der Waals surface area (Å²) in [6, 6.07) is 6.36. The summed E-state index contributed by atoms with van der Waals surface area (Å²) in [5.74, 6) is 2.77. The zero-order chi connectivity index (χ0) is 18.9. The van der Waals surface area contributed by atoms with Gasteiger partial charge in [-0.2, -0.15) is 4.98 Å². The van der Waals surface area contributed by atoms with Gasteiger partial charge < -0.3 is 14.2 Å². The van der Waals surface area contributed by atoms with E-state index in [1.807, 2.05) is 6.92 Å². The van der Waals surface area contributed by atoms with Crippen LogP contribution in [0.4, 0.5) is 5.69 Å². The van der Waals surface area contributed by atoms with Gasteiger partial charge in [-0.1, -0.05) is 5.16 Å². The summed E-state index contributed by atoms with van der Waals surface area (Å²) in [6.45, 7) is 7.11. The smallest absolute Gasteiger partial charge is 0.240 e. The van der Waals surface area contributed by atoms with Gasteiger partial charge >= 0.3 is 0 Å². The van der Waals surface area contributed by atoms with Crippen LogP contribution in [0, 0.1) is 12.8 Å². The van der Waals surface area contributed by atoms with E-state index in [1.54, 1.807) is 6.33 Å². The number of ether oxygens (including phenoxy) is 1. The van der Waals surface area contributed by atoms with E-state index in [0.717, 1.165) is 43.7 Å². The highest BCUT2D eigenvalue weighted by Gasteiger charge is 2.23. The Balaban J connectivity index is 1.27. The molecule has 5 rings (SSSR count). The molecule has 2 fully saturated rings. The number of piperazine rings is 1. The lowest BCUT2D eigenvalue weighted by molar-refractivity contribution is 0.215. The topological polar surface area (TPSA) is 80.4 Å². The summed E-state index contributed by atoms with van der Waals surface area (Å²) in [5.41, 5.74) is 2.11. The zero-order valence-electron chi connectivity index (χ0n) is 16.0. The van der Waals surface area contributed by atoms with Crippen LogP contribution in [0.3, 0.4) is 0 Å². The molecule has 1 saturated carbocycles. The van der Waals surface area contributed by atoms with Gasteiger partial charge in [-0.15, -0.1) is 0 Å².